The first-order valence-electron chi connectivity index (χ1n) is 7.49. The molecule has 106 valence electrons. The fraction of sp³-hybridized carbons (Fsp3) is 0.368. The molecule has 0 bridgehead atoms. The molecule has 2 rings (SSSR count). The molecule has 0 aliphatic carbocycles. The van der Waals surface area contributed by atoms with Crippen LogP contribution in [0.4, 0.5) is 5.69 Å². The van der Waals surface area contributed by atoms with E-state index >= 15 is 0 Å². The second-order valence-corrected chi connectivity index (χ2v) is 6.03. The Morgan fingerprint density at radius 1 is 0.800 bits per heavy atom. The predicted molar refractivity (Wildman–Crippen MR) is 88.4 cm³/mol. The van der Waals surface area contributed by atoms with Gasteiger partial charge in [-0.1, -0.05) is 64.1 Å². The first-order valence-corrected chi connectivity index (χ1v) is 7.49. The van der Waals surface area contributed by atoms with Crippen LogP contribution < -0.4 is 5.32 Å². The Hall–Kier alpha value is -1.76. The standard InChI is InChI=1S/C19H25N/c1-14(2)17-10-8-16(9-11-17)13-20-19-7-5-6-18(12-19)15(3)4/h5-12,14-15,20H,13H2,1-4H3. The number of hydrogen-bond donors (Lipinski definition) is 1. The summed E-state index contributed by atoms with van der Waals surface area (Å²) in [7, 11) is 0. The molecule has 0 unspecified atom stereocenters. The summed E-state index contributed by atoms with van der Waals surface area (Å²) in [6.45, 7) is 9.78. The maximum absolute atomic E-state index is 3.50. The van der Waals surface area contributed by atoms with Crippen LogP contribution in [0.5, 0.6) is 0 Å². The highest BCUT2D eigenvalue weighted by molar-refractivity contribution is 5.47. The van der Waals surface area contributed by atoms with E-state index in [1.165, 1.54) is 22.4 Å². The van der Waals surface area contributed by atoms with Crippen molar-refractivity contribution >= 4 is 5.69 Å². The highest BCUT2D eigenvalue weighted by atomic mass is 14.9. The second-order valence-electron chi connectivity index (χ2n) is 6.03. The lowest BCUT2D eigenvalue weighted by atomic mass is 10.0. The van der Waals surface area contributed by atoms with Crippen LogP contribution in [0.2, 0.25) is 0 Å². The van der Waals surface area contributed by atoms with E-state index in [-0.39, 0.29) is 0 Å². The van der Waals surface area contributed by atoms with Gasteiger partial charge in [-0.2, -0.15) is 0 Å². The van der Waals surface area contributed by atoms with Crippen LogP contribution in [0, 0.1) is 0 Å². The largest absolute Gasteiger partial charge is 0.381 e. The Morgan fingerprint density at radius 3 is 2.05 bits per heavy atom. The zero-order chi connectivity index (χ0) is 14.5. The van der Waals surface area contributed by atoms with Crippen molar-refractivity contribution in [1.82, 2.24) is 0 Å². The highest BCUT2D eigenvalue weighted by Crippen LogP contribution is 2.19. The van der Waals surface area contributed by atoms with E-state index in [1.54, 1.807) is 0 Å². The van der Waals surface area contributed by atoms with E-state index in [0.29, 0.717) is 11.8 Å². The van der Waals surface area contributed by atoms with Gasteiger partial charge in [-0.25, -0.2) is 0 Å². The summed E-state index contributed by atoms with van der Waals surface area (Å²) < 4.78 is 0. The Balaban J connectivity index is 1.99. The van der Waals surface area contributed by atoms with E-state index in [1.807, 2.05) is 0 Å². The molecule has 0 atom stereocenters. The molecule has 0 aliphatic rings. The minimum absolute atomic E-state index is 0.571. The Morgan fingerprint density at radius 2 is 1.45 bits per heavy atom. The quantitative estimate of drug-likeness (QED) is 0.749. The van der Waals surface area contributed by atoms with Crippen molar-refractivity contribution in [2.75, 3.05) is 5.32 Å². The molecule has 0 aliphatic heterocycles. The van der Waals surface area contributed by atoms with E-state index in [4.69, 9.17) is 0 Å². The molecule has 0 radical (unpaired) electrons. The van der Waals surface area contributed by atoms with Gasteiger partial charge in [-0.05, 0) is 40.7 Å². The lowest BCUT2D eigenvalue weighted by Gasteiger charge is -2.11. The van der Waals surface area contributed by atoms with Crippen molar-refractivity contribution < 1.29 is 0 Å². The summed E-state index contributed by atoms with van der Waals surface area (Å²) in [5, 5.41) is 3.50. The molecule has 1 heteroatoms. The molecular weight excluding hydrogens is 242 g/mol. The summed E-state index contributed by atoms with van der Waals surface area (Å²) in [4.78, 5) is 0. The van der Waals surface area contributed by atoms with Gasteiger partial charge in [-0.3, -0.25) is 0 Å². The van der Waals surface area contributed by atoms with Crippen LogP contribution in [0.1, 0.15) is 56.2 Å². The average molecular weight is 267 g/mol. The Labute approximate surface area is 123 Å². The normalized spacial score (nSPS) is 11.1. The fourth-order valence-corrected chi connectivity index (χ4v) is 2.23. The minimum Gasteiger partial charge on any atom is -0.381 e. The van der Waals surface area contributed by atoms with Gasteiger partial charge in [0.2, 0.25) is 0 Å². The van der Waals surface area contributed by atoms with Gasteiger partial charge >= 0.3 is 0 Å². The second kappa shape index (κ2) is 6.60. The molecule has 0 fully saturated rings. The molecule has 0 heterocycles. The van der Waals surface area contributed by atoms with Crippen LogP contribution in [0.3, 0.4) is 0 Å². The number of hydrogen-bond acceptors (Lipinski definition) is 1. The maximum Gasteiger partial charge on any atom is 0.0400 e. The predicted octanol–water partition coefficient (Wildman–Crippen LogP) is 5.55. The smallest absolute Gasteiger partial charge is 0.0400 e. The third-order valence-corrected chi connectivity index (χ3v) is 3.70. The number of rotatable bonds is 5. The van der Waals surface area contributed by atoms with E-state index in [2.05, 4.69) is 81.5 Å². The zero-order valence-corrected chi connectivity index (χ0v) is 13.0. The van der Waals surface area contributed by atoms with Crippen LogP contribution >= 0.6 is 0 Å². The molecule has 0 saturated carbocycles. The van der Waals surface area contributed by atoms with Crippen LogP contribution in [-0.4, -0.2) is 0 Å². The lowest BCUT2D eigenvalue weighted by Crippen LogP contribution is -2.00. The Kier molecular flexibility index (Phi) is 4.84. The van der Waals surface area contributed by atoms with Crippen molar-refractivity contribution in [2.45, 2.75) is 46.1 Å². The molecule has 0 spiro atoms. The van der Waals surface area contributed by atoms with Crippen molar-refractivity contribution in [2.24, 2.45) is 0 Å². The first kappa shape index (κ1) is 14.6. The number of anilines is 1. The SMILES string of the molecule is CC(C)c1ccc(CNc2cccc(C(C)C)c2)cc1. The number of benzene rings is 2. The van der Waals surface area contributed by atoms with Crippen molar-refractivity contribution in [3.63, 3.8) is 0 Å². The molecule has 20 heavy (non-hydrogen) atoms. The monoisotopic (exact) mass is 267 g/mol. The van der Waals surface area contributed by atoms with E-state index < -0.39 is 0 Å². The molecule has 1 nitrogen and oxygen atoms in total. The van der Waals surface area contributed by atoms with E-state index in [0.717, 1.165) is 6.54 Å². The molecule has 2 aromatic carbocycles. The average Bonchev–Trinajstić information content (AvgIpc) is 2.46. The maximum atomic E-state index is 3.50. The molecule has 0 amide bonds. The lowest BCUT2D eigenvalue weighted by molar-refractivity contribution is 0.864. The third-order valence-electron chi connectivity index (χ3n) is 3.70. The zero-order valence-electron chi connectivity index (χ0n) is 13.0. The van der Waals surface area contributed by atoms with Crippen molar-refractivity contribution in [3.05, 3.63) is 65.2 Å². The van der Waals surface area contributed by atoms with Gasteiger partial charge in [0.05, 0.1) is 0 Å². The topological polar surface area (TPSA) is 12.0 Å². The summed E-state index contributed by atoms with van der Waals surface area (Å²) in [6.07, 6.45) is 0. The first-order chi connectivity index (χ1) is 9.56. The van der Waals surface area contributed by atoms with Crippen molar-refractivity contribution in [1.29, 1.82) is 0 Å². The van der Waals surface area contributed by atoms with E-state index in [9.17, 15) is 0 Å². The van der Waals surface area contributed by atoms with Gasteiger partial charge < -0.3 is 5.32 Å². The molecule has 0 aromatic heterocycles. The van der Waals surface area contributed by atoms with Gasteiger partial charge in [0.25, 0.3) is 0 Å². The molecule has 2 aromatic rings. The van der Waals surface area contributed by atoms with Gasteiger partial charge in [0, 0.05) is 12.2 Å². The van der Waals surface area contributed by atoms with Crippen LogP contribution in [0.15, 0.2) is 48.5 Å². The number of nitrogens with one attached hydrogen (secondary N) is 1. The van der Waals surface area contributed by atoms with Gasteiger partial charge in [0.15, 0.2) is 0 Å². The summed E-state index contributed by atoms with van der Waals surface area (Å²) in [6, 6.07) is 17.6. The Bertz CT molecular complexity index is 538. The highest BCUT2D eigenvalue weighted by Gasteiger charge is 2.01. The van der Waals surface area contributed by atoms with Gasteiger partial charge in [-0.15, -0.1) is 0 Å². The minimum atomic E-state index is 0.571. The van der Waals surface area contributed by atoms with Crippen LogP contribution in [-0.2, 0) is 6.54 Å². The van der Waals surface area contributed by atoms with Gasteiger partial charge in [0.1, 0.15) is 0 Å². The summed E-state index contributed by atoms with van der Waals surface area (Å²) >= 11 is 0. The summed E-state index contributed by atoms with van der Waals surface area (Å²) in [5.74, 6) is 1.17. The molecule has 0 saturated heterocycles. The molecular formula is C19H25N. The summed E-state index contributed by atoms with van der Waals surface area (Å²) in [5.41, 5.74) is 5.30. The third kappa shape index (κ3) is 3.86. The van der Waals surface area contributed by atoms with Crippen molar-refractivity contribution in [3.8, 4) is 0 Å². The fourth-order valence-electron chi connectivity index (χ4n) is 2.23. The molecule has 1 N–H and O–H groups in total. The van der Waals surface area contributed by atoms with Crippen LogP contribution in [0.25, 0.3) is 0 Å².